The van der Waals surface area contributed by atoms with Crippen LogP contribution in [-0.4, -0.2) is 47.6 Å². The lowest BCUT2D eigenvalue weighted by Crippen LogP contribution is -2.51. The molecule has 26 heavy (non-hydrogen) atoms. The first kappa shape index (κ1) is 19.0. The number of carbonyl (C=O) groups excluding carboxylic acids is 1. The van der Waals surface area contributed by atoms with Gasteiger partial charge in [0, 0.05) is 30.7 Å². The number of hydrogen-bond acceptors (Lipinski definition) is 4. The van der Waals surface area contributed by atoms with Crippen LogP contribution in [0.5, 0.6) is 0 Å². The summed E-state index contributed by atoms with van der Waals surface area (Å²) in [5.74, 6) is 0. The van der Waals surface area contributed by atoms with Crippen LogP contribution in [0.4, 0.5) is 10.5 Å². The van der Waals surface area contributed by atoms with Crippen LogP contribution in [0.15, 0.2) is 18.2 Å². The summed E-state index contributed by atoms with van der Waals surface area (Å²) < 4.78 is 5.53. The minimum atomic E-state index is -0.491. The molecular formula is C21H32N2O3. The van der Waals surface area contributed by atoms with Gasteiger partial charge in [-0.25, -0.2) is 4.79 Å². The zero-order valence-electron chi connectivity index (χ0n) is 16.7. The minimum Gasteiger partial charge on any atom is -0.444 e. The van der Waals surface area contributed by atoms with Crippen molar-refractivity contribution >= 4 is 11.8 Å². The molecule has 1 spiro atoms. The maximum atomic E-state index is 12.4. The number of amides is 1. The smallest absolute Gasteiger partial charge is 0.410 e. The van der Waals surface area contributed by atoms with Gasteiger partial charge in [0.15, 0.2) is 0 Å². The predicted molar refractivity (Wildman–Crippen MR) is 104 cm³/mol. The van der Waals surface area contributed by atoms with Gasteiger partial charge in [0.05, 0.1) is 0 Å². The van der Waals surface area contributed by atoms with E-state index in [-0.39, 0.29) is 11.5 Å². The molecule has 2 aliphatic heterocycles. The molecule has 2 heterocycles. The van der Waals surface area contributed by atoms with Crippen LogP contribution in [-0.2, 0) is 10.2 Å². The van der Waals surface area contributed by atoms with Crippen molar-refractivity contribution in [2.24, 2.45) is 0 Å². The molecule has 1 atom stereocenters. The predicted octanol–water partition coefficient (Wildman–Crippen LogP) is 3.81. The number of piperidine rings is 1. The number of aliphatic hydroxyl groups excluding tert-OH is 1. The summed E-state index contributed by atoms with van der Waals surface area (Å²) in [6.45, 7) is 11.9. The lowest BCUT2D eigenvalue weighted by Gasteiger charge is -2.49. The summed E-state index contributed by atoms with van der Waals surface area (Å²) in [6.07, 6.45) is 2.19. The van der Waals surface area contributed by atoms with E-state index in [1.807, 2.05) is 32.6 Å². The highest BCUT2D eigenvalue weighted by atomic mass is 16.6. The Hall–Kier alpha value is -1.75. The number of ether oxygens (including phenoxy) is 1. The van der Waals surface area contributed by atoms with Crippen molar-refractivity contribution in [3.05, 3.63) is 29.3 Å². The summed E-state index contributed by atoms with van der Waals surface area (Å²) in [7, 11) is 0. The maximum Gasteiger partial charge on any atom is 0.410 e. The van der Waals surface area contributed by atoms with Gasteiger partial charge >= 0.3 is 6.09 Å². The standard InChI is InChI=1S/C21H32N2O3/c1-15-6-7-17-18(14-15)23(16(2)24)13-10-21(17)8-11-22(12-9-21)19(25)26-20(3,4)5/h6-7,14,16,24H,8-13H2,1-5H3. The maximum absolute atomic E-state index is 12.4. The van der Waals surface area contributed by atoms with E-state index in [0.717, 1.165) is 44.6 Å². The fraction of sp³-hybridized carbons (Fsp3) is 0.667. The second kappa shape index (κ2) is 6.76. The monoisotopic (exact) mass is 360 g/mol. The second-order valence-electron chi connectivity index (χ2n) is 8.84. The van der Waals surface area contributed by atoms with E-state index in [1.54, 1.807) is 0 Å². The highest BCUT2D eigenvalue weighted by Crippen LogP contribution is 2.47. The van der Waals surface area contributed by atoms with Gasteiger partial charge < -0.3 is 19.6 Å². The third-order valence-electron chi connectivity index (χ3n) is 5.69. The first-order chi connectivity index (χ1) is 12.1. The first-order valence-electron chi connectivity index (χ1n) is 9.65. The molecule has 144 valence electrons. The summed E-state index contributed by atoms with van der Waals surface area (Å²) in [5, 5.41) is 10.2. The molecule has 5 heteroatoms. The van der Waals surface area contributed by atoms with Crippen LogP contribution in [0.1, 0.15) is 58.1 Å². The van der Waals surface area contributed by atoms with Crippen molar-refractivity contribution in [2.45, 2.75) is 71.1 Å². The molecule has 0 radical (unpaired) electrons. The molecule has 2 aliphatic rings. The van der Waals surface area contributed by atoms with Crippen molar-refractivity contribution < 1.29 is 14.6 Å². The Balaban J connectivity index is 1.80. The molecular weight excluding hydrogens is 328 g/mol. The Labute approximate surface area is 156 Å². The van der Waals surface area contributed by atoms with E-state index < -0.39 is 11.8 Å². The van der Waals surface area contributed by atoms with Crippen molar-refractivity contribution in [3.8, 4) is 0 Å². The van der Waals surface area contributed by atoms with Gasteiger partial charge in [-0.2, -0.15) is 0 Å². The van der Waals surface area contributed by atoms with Crippen molar-refractivity contribution in [3.63, 3.8) is 0 Å². The lowest BCUT2D eigenvalue weighted by molar-refractivity contribution is 0.0156. The number of anilines is 1. The van der Waals surface area contributed by atoms with Crippen LogP contribution < -0.4 is 4.90 Å². The molecule has 1 N–H and O–H groups in total. The van der Waals surface area contributed by atoms with Gasteiger partial charge in [-0.15, -0.1) is 0 Å². The Morgan fingerprint density at radius 1 is 1.19 bits per heavy atom. The number of hydrogen-bond donors (Lipinski definition) is 1. The highest BCUT2D eigenvalue weighted by molar-refractivity contribution is 5.68. The van der Waals surface area contributed by atoms with E-state index in [4.69, 9.17) is 4.74 Å². The van der Waals surface area contributed by atoms with Crippen LogP contribution in [0.2, 0.25) is 0 Å². The first-order valence-corrected chi connectivity index (χ1v) is 9.65. The summed E-state index contributed by atoms with van der Waals surface area (Å²) in [4.78, 5) is 16.3. The Bertz CT molecular complexity index is 670. The Morgan fingerprint density at radius 3 is 2.38 bits per heavy atom. The molecule has 1 aromatic carbocycles. The number of nitrogens with zero attached hydrogens (tertiary/aromatic N) is 2. The van der Waals surface area contributed by atoms with Gasteiger partial charge in [0.2, 0.25) is 0 Å². The third-order valence-corrected chi connectivity index (χ3v) is 5.69. The zero-order valence-corrected chi connectivity index (χ0v) is 16.7. The lowest BCUT2D eigenvalue weighted by atomic mass is 9.67. The number of fused-ring (bicyclic) bond motifs is 2. The zero-order chi connectivity index (χ0) is 19.1. The van der Waals surface area contributed by atoms with Crippen LogP contribution in [0.3, 0.4) is 0 Å². The minimum absolute atomic E-state index is 0.0902. The van der Waals surface area contributed by atoms with Gasteiger partial charge in [-0.1, -0.05) is 12.1 Å². The van der Waals surface area contributed by atoms with Crippen LogP contribution in [0, 0.1) is 6.92 Å². The van der Waals surface area contributed by atoms with Gasteiger partial charge in [0.1, 0.15) is 11.8 Å². The quantitative estimate of drug-likeness (QED) is 0.827. The molecule has 0 aromatic heterocycles. The van der Waals surface area contributed by atoms with Crippen molar-refractivity contribution in [2.75, 3.05) is 24.5 Å². The molecule has 5 nitrogen and oxygen atoms in total. The Morgan fingerprint density at radius 2 is 1.81 bits per heavy atom. The highest BCUT2D eigenvalue weighted by Gasteiger charge is 2.43. The number of rotatable bonds is 1. The van der Waals surface area contributed by atoms with Crippen molar-refractivity contribution in [1.82, 2.24) is 4.90 Å². The largest absolute Gasteiger partial charge is 0.444 e. The number of aryl methyl sites for hydroxylation is 1. The van der Waals surface area contributed by atoms with Gasteiger partial charge in [-0.05, 0) is 71.1 Å². The SMILES string of the molecule is Cc1ccc2c(c1)N(C(C)O)CCC21CCN(C(=O)OC(C)(C)C)CC1. The Kier molecular flexibility index (Phi) is 4.95. The van der Waals surface area contributed by atoms with E-state index in [2.05, 4.69) is 30.0 Å². The molecule has 0 saturated carbocycles. The van der Waals surface area contributed by atoms with E-state index in [9.17, 15) is 9.90 Å². The number of carbonyl (C=O) groups is 1. The molecule has 0 aliphatic carbocycles. The van der Waals surface area contributed by atoms with Gasteiger partial charge in [-0.3, -0.25) is 0 Å². The topological polar surface area (TPSA) is 53.0 Å². The fourth-order valence-corrected chi connectivity index (χ4v) is 4.27. The molecule has 1 aromatic rings. The number of benzene rings is 1. The van der Waals surface area contributed by atoms with E-state index >= 15 is 0 Å². The van der Waals surface area contributed by atoms with E-state index in [1.165, 1.54) is 11.1 Å². The molecule has 1 saturated heterocycles. The molecule has 1 unspecified atom stereocenters. The summed E-state index contributed by atoms with van der Waals surface area (Å²) in [6, 6.07) is 6.57. The fourth-order valence-electron chi connectivity index (χ4n) is 4.27. The van der Waals surface area contributed by atoms with Crippen LogP contribution in [0.25, 0.3) is 0 Å². The average Bonchev–Trinajstić information content (AvgIpc) is 2.53. The third kappa shape index (κ3) is 3.68. The van der Waals surface area contributed by atoms with Crippen LogP contribution >= 0.6 is 0 Å². The molecule has 3 rings (SSSR count). The number of likely N-dealkylation sites (tertiary alicyclic amines) is 1. The second-order valence-corrected chi connectivity index (χ2v) is 8.84. The average molecular weight is 360 g/mol. The molecule has 1 fully saturated rings. The normalized spacial score (nSPS) is 20.7. The number of aliphatic hydroxyl groups is 1. The summed E-state index contributed by atoms with van der Waals surface area (Å²) in [5.41, 5.74) is 3.31. The van der Waals surface area contributed by atoms with Gasteiger partial charge in [0.25, 0.3) is 0 Å². The van der Waals surface area contributed by atoms with Crippen molar-refractivity contribution in [1.29, 1.82) is 0 Å². The summed E-state index contributed by atoms with van der Waals surface area (Å²) >= 11 is 0. The molecule has 1 amide bonds. The molecule has 0 bridgehead atoms. The van der Waals surface area contributed by atoms with E-state index in [0.29, 0.717) is 0 Å².